The molecular formula is C19H38IN5O4S. The first-order chi connectivity index (χ1) is 13.9. The van der Waals surface area contributed by atoms with Crippen LogP contribution in [0.4, 0.5) is 0 Å². The third kappa shape index (κ3) is 7.16. The summed E-state index contributed by atoms with van der Waals surface area (Å²) in [4.78, 5) is 9.05. The number of hydrogen-bond donors (Lipinski definition) is 1. The van der Waals surface area contributed by atoms with E-state index in [0.717, 1.165) is 25.7 Å². The predicted molar refractivity (Wildman–Crippen MR) is 129 cm³/mol. The van der Waals surface area contributed by atoms with Crippen molar-refractivity contribution >= 4 is 40.0 Å². The van der Waals surface area contributed by atoms with Gasteiger partial charge in [-0.25, -0.2) is 8.42 Å². The number of piperazine rings is 1. The number of fused-ring (bicyclic) bond motifs is 1. The number of guanidine groups is 1. The summed E-state index contributed by atoms with van der Waals surface area (Å²) < 4.78 is 38.0. The fourth-order valence-corrected chi connectivity index (χ4v) is 5.53. The molecule has 0 aromatic heterocycles. The van der Waals surface area contributed by atoms with Crippen LogP contribution < -0.4 is 5.32 Å². The second-order valence-corrected chi connectivity index (χ2v) is 10.4. The van der Waals surface area contributed by atoms with Crippen molar-refractivity contribution in [3.8, 4) is 0 Å². The Morgan fingerprint density at radius 1 is 1.23 bits per heavy atom. The highest BCUT2D eigenvalue weighted by Gasteiger charge is 2.33. The number of hydrogen-bond acceptors (Lipinski definition) is 6. The summed E-state index contributed by atoms with van der Waals surface area (Å²) in [5, 5.41) is 3.43. The largest absolute Gasteiger partial charge is 0.378 e. The third-order valence-electron chi connectivity index (χ3n) is 5.89. The molecule has 11 heteroatoms. The lowest BCUT2D eigenvalue weighted by atomic mass is 10.2. The molecular weight excluding hydrogens is 521 g/mol. The van der Waals surface area contributed by atoms with Gasteiger partial charge in [-0.1, -0.05) is 0 Å². The summed E-state index contributed by atoms with van der Waals surface area (Å²) in [7, 11) is -1.51. The lowest BCUT2D eigenvalue weighted by Gasteiger charge is -2.38. The minimum Gasteiger partial charge on any atom is -0.378 e. The number of nitrogens with zero attached hydrogens (tertiary/aromatic N) is 4. The summed E-state index contributed by atoms with van der Waals surface area (Å²) in [5.74, 6) is 0.853. The molecule has 3 aliphatic heterocycles. The molecule has 0 saturated carbocycles. The number of ether oxygens (including phenoxy) is 2. The third-order valence-corrected chi connectivity index (χ3v) is 7.72. The maximum atomic E-state index is 12.5. The molecule has 30 heavy (non-hydrogen) atoms. The van der Waals surface area contributed by atoms with Gasteiger partial charge in [0.1, 0.15) is 0 Å². The van der Waals surface area contributed by atoms with Gasteiger partial charge in [-0.2, -0.15) is 4.31 Å². The quantitative estimate of drug-likeness (QED) is 0.275. The van der Waals surface area contributed by atoms with E-state index in [1.807, 2.05) is 13.8 Å². The molecule has 3 aliphatic rings. The first kappa shape index (κ1) is 26.0. The molecule has 3 heterocycles. The van der Waals surface area contributed by atoms with E-state index in [1.54, 1.807) is 11.4 Å². The Kier molecular flexibility index (Phi) is 10.5. The van der Waals surface area contributed by atoms with Crippen LogP contribution in [0.25, 0.3) is 0 Å². The van der Waals surface area contributed by atoms with Crippen molar-refractivity contribution in [3.63, 3.8) is 0 Å². The van der Waals surface area contributed by atoms with Crippen LogP contribution in [0, 0.1) is 0 Å². The molecule has 1 N–H and O–H groups in total. The van der Waals surface area contributed by atoms with Crippen LogP contribution in [0.5, 0.6) is 0 Å². The van der Waals surface area contributed by atoms with Gasteiger partial charge in [-0.15, -0.1) is 24.0 Å². The Labute approximate surface area is 198 Å². The zero-order valence-electron chi connectivity index (χ0n) is 18.5. The van der Waals surface area contributed by atoms with Crippen LogP contribution in [0.15, 0.2) is 4.99 Å². The fourth-order valence-electron chi connectivity index (χ4n) is 4.24. The second kappa shape index (κ2) is 12.1. The minimum absolute atomic E-state index is 0. The van der Waals surface area contributed by atoms with Crippen LogP contribution >= 0.6 is 24.0 Å². The minimum atomic E-state index is -3.28. The van der Waals surface area contributed by atoms with E-state index in [-0.39, 0.29) is 48.5 Å². The van der Waals surface area contributed by atoms with E-state index < -0.39 is 10.0 Å². The molecule has 3 saturated heterocycles. The normalized spacial score (nSPS) is 26.5. The predicted octanol–water partition coefficient (Wildman–Crippen LogP) is 0.415. The summed E-state index contributed by atoms with van der Waals surface area (Å²) in [6.45, 7) is 9.95. The van der Waals surface area contributed by atoms with Gasteiger partial charge in [0.25, 0.3) is 0 Å². The number of nitrogens with one attached hydrogen (secondary N) is 1. The van der Waals surface area contributed by atoms with Crippen molar-refractivity contribution in [2.45, 2.75) is 44.9 Å². The highest BCUT2D eigenvalue weighted by molar-refractivity contribution is 14.0. The van der Waals surface area contributed by atoms with E-state index in [1.165, 1.54) is 19.4 Å². The highest BCUT2D eigenvalue weighted by Crippen LogP contribution is 2.22. The molecule has 3 fully saturated rings. The first-order valence-electron chi connectivity index (χ1n) is 10.8. The number of rotatable bonds is 7. The molecule has 9 nitrogen and oxygen atoms in total. The average molecular weight is 560 g/mol. The maximum absolute atomic E-state index is 12.5. The number of morpholine rings is 1. The van der Waals surface area contributed by atoms with Gasteiger partial charge >= 0.3 is 0 Å². The van der Waals surface area contributed by atoms with Crippen molar-refractivity contribution in [2.75, 3.05) is 71.8 Å². The topological polar surface area (TPSA) is 86.7 Å². The number of halogens is 1. The van der Waals surface area contributed by atoms with Gasteiger partial charge in [-0.3, -0.25) is 9.89 Å². The SMILES string of the molecule is CN=C(NCC1CN2CCCC2CO1)N1CCN(S(=O)(=O)CCOC(C)C)CC1.I. The van der Waals surface area contributed by atoms with Crippen LogP contribution in [-0.2, 0) is 19.5 Å². The monoisotopic (exact) mass is 559 g/mol. The van der Waals surface area contributed by atoms with Gasteiger partial charge in [0.15, 0.2) is 5.96 Å². The molecule has 176 valence electrons. The zero-order chi connectivity index (χ0) is 20.9. The Balaban J connectivity index is 0.00000320. The second-order valence-electron chi connectivity index (χ2n) is 8.30. The van der Waals surface area contributed by atoms with E-state index >= 15 is 0 Å². The Hall–Kier alpha value is -0.210. The van der Waals surface area contributed by atoms with Crippen LogP contribution in [-0.4, -0.2) is 119 Å². The lowest BCUT2D eigenvalue weighted by Crippen LogP contribution is -2.56. The first-order valence-corrected chi connectivity index (χ1v) is 12.4. The van der Waals surface area contributed by atoms with Gasteiger partial charge in [0.05, 0.1) is 31.2 Å². The summed E-state index contributed by atoms with van der Waals surface area (Å²) in [5.41, 5.74) is 0. The van der Waals surface area contributed by atoms with Crippen LogP contribution in [0.1, 0.15) is 26.7 Å². The van der Waals surface area contributed by atoms with Gasteiger partial charge in [0.2, 0.25) is 10.0 Å². The summed E-state index contributed by atoms with van der Waals surface area (Å²) in [6.07, 6.45) is 2.73. The zero-order valence-corrected chi connectivity index (χ0v) is 21.6. The number of aliphatic imine (C=N–C) groups is 1. The smallest absolute Gasteiger partial charge is 0.216 e. The van der Waals surface area contributed by atoms with Crippen molar-refractivity contribution < 1.29 is 17.9 Å². The van der Waals surface area contributed by atoms with Crippen molar-refractivity contribution in [1.29, 1.82) is 0 Å². The molecule has 0 amide bonds. The molecule has 2 unspecified atom stereocenters. The highest BCUT2D eigenvalue weighted by atomic mass is 127. The van der Waals surface area contributed by atoms with Crippen molar-refractivity contribution in [2.24, 2.45) is 4.99 Å². The fraction of sp³-hybridized carbons (Fsp3) is 0.947. The van der Waals surface area contributed by atoms with E-state index in [9.17, 15) is 8.42 Å². The number of sulfonamides is 1. The van der Waals surface area contributed by atoms with Crippen LogP contribution in [0.3, 0.4) is 0 Å². The standard InChI is InChI=1S/C19H37N5O4S.HI/c1-16(2)27-11-12-29(25,26)24-9-7-22(8-10-24)19(20-3)21-13-18-14-23-6-4-5-17(23)15-28-18;/h16-18H,4-15H2,1-3H3,(H,20,21);1H. The van der Waals surface area contributed by atoms with Crippen molar-refractivity contribution in [1.82, 2.24) is 19.4 Å². The molecule has 0 aliphatic carbocycles. The Morgan fingerprint density at radius 3 is 2.63 bits per heavy atom. The van der Waals surface area contributed by atoms with Crippen molar-refractivity contribution in [3.05, 3.63) is 0 Å². The average Bonchev–Trinajstić information content (AvgIpc) is 3.16. The Morgan fingerprint density at radius 2 is 1.97 bits per heavy atom. The lowest BCUT2D eigenvalue weighted by molar-refractivity contribution is -0.0455. The summed E-state index contributed by atoms with van der Waals surface area (Å²) >= 11 is 0. The molecule has 0 radical (unpaired) electrons. The van der Waals surface area contributed by atoms with Gasteiger partial charge < -0.3 is 19.7 Å². The molecule has 0 bridgehead atoms. The van der Waals surface area contributed by atoms with E-state index in [2.05, 4.69) is 20.1 Å². The molecule has 3 rings (SSSR count). The van der Waals surface area contributed by atoms with Gasteiger partial charge in [0, 0.05) is 52.4 Å². The van der Waals surface area contributed by atoms with Gasteiger partial charge in [-0.05, 0) is 33.2 Å². The van der Waals surface area contributed by atoms with Crippen LogP contribution in [0.2, 0.25) is 0 Å². The van der Waals surface area contributed by atoms with E-state index in [4.69, 9.17) is 9.47 Å². The molecule has 0 aromatic rings. The molecule has 0 aromatic carbocycles. The summed E-state index contributed by atoms with van der Waals surface area (Å²) in [6, 6.07) is 0.603. The van der Waals surface area contributed by atoms with E-state index in [0.29, 0.717) is 32.2 Å². The molecule has 0 spiro atoms. The maximum Gasteiger partial charge on any atom is 0.216 e. The Bertz CT molecular complexity index is 655. The molecule has 2 atom stereocenters.